The van der Waals surface area contributed by atoms with Gasteiger partial charge in [-0.15, -0.1) is 0 Å². The number of hydrogen-bond acceptors (Lipinski definition) is 6. The number of fused-ring (bicyclic) bond motifs is 5. The molecule has 4 fully saturated rings. The van der Waals surface area contributed by atoms with Crippen molar-refractivity contribution >= 4 is 24.7 Å². The van der Waals surface area contributed by atoms with Crippen LogP contribution in [0, 0.1) is 46.3 Å². The fourth-order valence-corrected chi connectivity index (χ4v) is 8.93. The molecule has 0 aromatic heterocycles. The Bertz CT molecular complexity index is 796. The van der Waals surface area contributed by atoms with Crippen LogP contribution in [0.3, 0.4) is 0 Å². The number of Topliss-reactive ketones (excluding diaryl/α,β-unsaturated/α-hetero) is 1. The van der Waals surface area contributed by atoms with Gasteiger partial charge in [0.05, 0.1) is 0 Å². The molecule has 0 saturated heterocycles. The van der Waals surface area contributed by atoms with E-state index in [1.807, 2.05) is 0 Å². The number of hydrogen-bond donors (Lipinski definition) is 1. The SMILES string of the molecule is CC(CCC(=O)O)C1CCC2C3C(OC=O)CC4CC(=O)CC[C@]4(C)C3CC(OC=O)[C@]12C. The van der Waals surface area contributed by atoms with Crippen molar-refractivity contribution in [1.29, 1.82) is 0 Å². The van der Waals surface area contributed by atoms with Gasteiger partial charge in [0.2, 0.25) is 0 Å². The molecule has 7 heteroatoms. The molecule has 33 heavy (non-hydrogen) atoms. The Morgan fingerprint density at radius 3 is 2.55 bits per heavy atom. The monoisotopic (exact) mass is 462 g/mol. The highest BCUT2D eigenvalue weighted by Gasteiger charge is 2.67. The zero-order chi connectivity index (χ0) is 24.0. The second-order valence-electron chi connectivity index (χ2n) is 11.7. The Labute approximate surface area is 196 Å². The predicted molar refractivity (Wildman–Crippen MR) is 119 cm³/mol. The highest BCUT2D eigenvalue weighted by Crippen LogP contribution is 2.69. The molecule has 4 aliphatic carbocycles. The zero-order valence-corrected chi connectivity index (χ0v) is 20.0. The van der Waals surface area contributed by atoms with Gasteiger partial charge in [-0.1, -0.05) is 20.8 Å². The predicted octanol–water partition coefficient (Wildman–Crippen LogP) is 4.02. The third-order valence-electron chi connectivity index (χ3n) is 10.6. The minimum Gasteiger partial charge on any atom is -0.481 e. The number of carbonyl (C=O) groups excluding carboxylic acids is 3. The summed E-state index contributed by atoms with van der Waals surface area (Å²) in [7, 11) is 0. The van der Waals surface area contributed by atoms with Crippen molar-refractivity contribution in [2.24, 2.45) is 46.3 Å². The van der Waals surface area contributed by atoms with Crippen molar-refractivity contribution in [3.8, 4) is 0 Å². The Kier molecular flexibility index (Phi) is 6.62. The molecular formula is C26H38O7. The van der Waals surface area contributed by atoms with E-state index >= 15 is 0 Å². The molecule has 8 unspecified atom stereocenters. The normalized spacial score (nSPS) is 45.2. The van der Waals surface area contributed by atoms with E-state index in [0.29, 0.717) is 45.0 Å². The average Bonchev–Trinajstić information content (AvgIpc) is 3.12. The highest BCUT2D eigenvalue weighted by molar-refractivity contribution is 5.79. The maximum Gasteiger partial charge on any atom is 0.303 e. The molecule has 0 aromatic carbocycles. The maximum absolute atomic E-state index is 12.3. The molecular weight excluding hydrogens is 424 g/mol. The summed E-state index contributed by atoms with van der Waals surface area (Å²) in [6, 6.07) is 0. The zero-order valence-electron chi connectivity index (χ0n) is 20.0. The number of carboxylic acid groups (broad SMARTS) is 1. The van der Waals surface area contributed by atoms with E-state index < -0.39 is 5.97 Å². The first kappa shape index (κ1) is 24.2. The summed E-state index contributed by atoms with van der Waals surface area (Å²) in [5.41, 5.74) is -0.335. The number of ether oxygens (including phenoxy) is 2. The fourth-order valence-electron chi connectivity index (χ4n) is 8.93. The van der Waals surface area contributed by atoms with Crippen LogP contribution >= 0.6 is 0 Å². The maximum atomic E-state index is 12.3. The number of carbonyl (C=O) groups is 4. The van der Waals surface area contributed by atoms with E-state index in [0.717, 1.165) is 19.3 Å². The van der Waals surface area contributed by atoms with Crippen LogP contribution in [0.4, 0.5) is 0 Å². The topological polar surface area (TPSA) is 107 Å². The lowest BCUT2D eigenvalue weighted by atomic mass is 9.43. The molecule has 184 valence electrons. The van der Waals surface area contributed by atoms with Crippen molar-refractivity contribution in [3.63, 3.8) is 0 Å². The molecule has 10 atom stereocenters. The number of aliphatic carboxylic acids is 1. The van der Waals surface area contributed by atoms with Gasteiger partial charge in [-0.05, 0) is 73.5 Å². The first-order chi connectivity index (χ1) is 15.7. The molecule has 4 aliphatic rings. The van der Waals surface area contributed by atoms with E-state index in [4.69, 9.17) is 9.47 Å². The number of ketones is 1. The third kappa shape index (κ3) is 3.89. The minimum absolute atomic E-state index is 0.0415. The van der Waals surface area contributed by atoms with Crippen LogP contribution in [-0.4, -0.2) is 42.0 Å². The molecule has 1 N–H and O–H groups in total. The van der Waals surface area contributed by atoms with Crippen LogP contribution in [0.25, 0.3) is 0 Å². The minimum atomic E-state index is -0.788. The second-order valence-corrected chi connectivity index (χ2v) is 11.7. The van der Waals surface area contributed by atoms with Gasteiger partial charge in [0.1, 0.15) is 18.0 Å². The molecule has 0 bridgehead atoms. The molecule has 0 heterocycles. The van der Waals surface area contributed by atoms with E-state index in [2.05, 4.69) is 20.8 Å². The van der Waals surface area contributed by atoms with E-state index in [1.54, 1.807) is 0 Å². The van der Waals surface area contributed by atoms with Crippen LogP contribution < -0.4 is 0 Å². The molecule has 4 rings (SSSR count). The first-order valence-corrected chi connectivity index (χ1v) is 12.6. The quantitative estimate of drug-likeness (QED) is 0.543. The Hall–Kier alpha value is -1.92. The molecule has 0 radical (unpaired) electrons. The van der Waals surface area contributed by atoms with Gasteiger partial charge in [-0.3, -0.25) is 19.2 Å². The molecule has 0 aliphatic heterocycles. The molecule has 7 nitrogen and oxygen atoms in total. The standard InChI is InChI=1S/C26H38O7/c1-15(4-7-23(30)31)18-5-6-19-24-20(12-22(33-14-28)26(18,19)3)25(2)9-8-17(29)10-16(25)11-21(24)32-13-27/h13-16,18-22,24H,4-12H2,1-3H3,(H,30,31)/t15?,16?,18?,19?,20?,21?,22?,24?,25-,26+/m0/s1. The van der Waals surface area contributed by atoms with Crippen LogP contribution in [0.2, 0.25) is 0 Å². The fraction of sp³-hybridized carbons (Fsp3) is 0.846. The van der Waals surface area contributed by atoms with Crippen LogP contribution in [0.15, 0.2) is 0 Å². The van der Waals surface area contributed by atoms with Gasteiger partial charge >= 0.3 is 5.97 Å². The summed E-state index contributed by atoms with van der Waals surface area (Å²) >= 11 is 0. The summed E-state index contributed by atoms with van der Waals surface area (Å²) in [5.74, 6) is 0.705. The molecule has 0 aromatic rings. The summed E-state index contributed by atoms with van der Waals surface area (Å²) < 4.78 is 11.5. The highest BCUT2D eigenvalue weighted by atomic mass is 16.5. The van der Waals surface area contributed by atoms with Crippen molar-refractivity contribution in [3.05, 3.63) is 0 Å². The molecule has 0 spiro atoms. The molecule has 4 saturated carbocycles. The van der Waals surface area contributed by atoms with E-state index in [-0.39, 0.29) is 70.7 Å². The lowest BCUT2D eigenvalue weighted by Crippen LogP contribution is -2.63. The van der Waals surface area contributed by atoms with E-state index in [1.165, 1.54) is 0 Å². The Morgan fingerprint density at radius 1 is 1.15 bits per heavy atom. The van der Waals surface area contributed by atoms with Crippen molar-refractivity contribution in [2.45, 2.75) is 90.8 Å². The van der Waals surface area contributed by atoms with Crippen molar-refractivity contribution in [2.75, 3.05) is 0 Å². The largest absolute Gasteiger partial charge is 0.481 e. The van der Waals surface area contributed by atoms with Crippen molar-refractivity contribution in [1.82, 2.24) is 0 Å². The number of carboxylic acids is 1. The van der Waals surface area contributed by atoms with Gasteiger partial charge in [0.25, 0.3) is 12.9 Å². The van der Waals surface area contributed by atoms with Crippen LogP contribution in [-0.2, 0) is 28.7 Å². The van der Waals surface area contributed by atoms with Crippen molar-refractivity contribution < 1.29 is 33.8 Å². The first-order valence-electron chi connectivity index (χ1n) is 12.6. The Balaban J connectivity index is 1.71. The van der Waals surface area contributed by atoms with E-state index in [9.17, 15) is 24.3 Å². The van der Waals surface area contributed by atoms with Gasteiger partial charge < -0.3 is 14.6 Å². The lowest BCUT2D eigenvalue weighted by Gasteiger charge is -2.63. The summed E-state index contributed by atoms with van der Waals surface area (Å²) in [6.07, 6.45) is 5.53. The smallest absolute Gasteiger partial charge is 0.303 e. The van der Waals surface area contributed by atoms with Gasteiger partial charge in [-0.25, -0.2) is 0 Å². The lowest BCUT2D eigenvalue weighted by molar-refractivity contribution is -0.212. The van der Waals surface area contributed by atoms with Crippen LogP contribution in [0.5, 0.6) is 0 Å². The molecule has 0 amide bonds. The third-order valence-corrected chi connectivity index (χ3v) is 10.6. The van der Waals surface area contributed by atoms with Gasteiger partial charge in [0.15, 0.2) is 0 Å². The van der Waals surface area contributed by atoms with Gasteiger partial charge in [0, 0.05) is 30.6 Å². The second kappa shape index (κ2) is 9.03. The summed E-state index contributed by atoms with van der Waals surface area (Å²) in [5, 5.41) is 9.20. The summed E-state index contributed by atoms with van der Waals surface area (Å²) in [4.78, 5) is 46.6. The average molecular weight is 463 g/mol. The van der Waals surface area contributed by atoms with Gasteiger partial charge in [-0.2, -0.15) is 0 Å². The summed E-state index contributed by atoms with van der Waals surface area (Å²) in [6.45, 7) is 7.75. The van der Waals surface area contributed by atoms with Crippen LogP contribution in [0.1, 0.15) is 78.6 Å². The Morgan fingerprint density at radius 2 is 1.88 bits per heavy atom. The number of rotatable bonds is 8.